The number of hydrogen-bond donors (Lipinski definition) is 2. The molecule has 0 radical (unpaired) electrons. The number of aromatic nitrogens is 1. The van der Waals surface area contributed by atoms with Gasteiger partial charge < -0.3 is 9.84 Å². The minimum atomic E-state index is -4.15. The molecule has 1 aromatic carbocycles. The average Bonchev–Trinajstić information content (AvgIpc) is 3.26. The van der Waals surface area contributed by atoms with Crippen molar-refractivity contribution in [2.75, 3.05) is 10.0 Å². The molecular weight excluding hydrogens is 424 g/mol. The second-order valence-electron chi connectivity index (χ2n) is 5.75. The van der Waals surface area contributed by atoms with Crippen LogP contribution in [-0.2, 0) is 10.0 Å². The van der Waals surface area contributed by atoms with Crippen molar-refractivity contribution >= 4 is 50.4 Å². The number of hydrogen-bond acceptors (Lipinski definition) is 7. The highest BCUT2D eigenvalue weighted by Gasteiger charge is 2.27. The average molecular weight is 437 g/mol. The second-order valence-corrected chi connectivity index (χ2v) is 8.69. The van der Waals surface area contributed by atoms with E-state index in [0.717, 1.165) is 16.9 Å². The topological polar surface area (TPSA) is 125 Å². The number of benzene rings is 1. The SMILES string of the molecule is Cc1ccc(NC(=O)c2sccc2S(=O)(=O)Nc2onc(C)c2Cl)c(C#N)c1. The summed E-state index contributed by atoms with van der Waals surface area (Å²) >= 11 is 6.89. The lowest BCUT2D eigenvalue weighted by Crippen LogP contribution is -2.18. The van der Waals surface area contributed by atoms with E-state index >= 15 is 0 Å². The Labute approximate surface area is 169 Å². The molecule has 3 aromatic rings. The molecule has 2 aromatic heterocycles. The van der Waals surface area contributed by atoms with E-state index in [1.54, 1.807) is 25.1 Å². The second kappa shape index (κ2) is 7.63. The summed E-state index contributed by atoms with van der Waals surface area (Å²) < 4.78 is 32.4. The molecule has 0 aliphatic heterocycles. The van der Waals surface area contributed by atoms with Crippen molar-refractivity contribution in [3.05, 3.63) is 56.4 Å². The zero-order chi connectivity index (χ0) is 20.5. The molecule has 2 N–H and O–H groups in total. The molecule has 144 valence electrons. The first-order valence-electron chi connectivity index (χ1n) is 7.77. The van der Waals surface area contributed by atoms with E-state index in [1.165, 1.54) is 11.4 Å². The number of aryl methyl sites for hydroxylation is 2. The van der Waals surface area contributed by atoms with Crippen molar-refractivity contribution in [1.29, 1.82) is 5.26 Å². The van der Waals surface area contributed by atoms with Crippen molar-refractivity contribution in [2.24, 2.45) is 0 Å². The van der Waals surface area contributed by atoms with Crippen molar-refractivity contribution in [3.8, 4) is 6.07 Å². The summed E-state index contributed by atoms with van der Waals surface area (Å²) in [5, 5.41) is 16.9. The first-order chi connectivity index (χ1) is 13.2. The van der Waals surface area contributed by atoms with Gasteiger partial charge in [-0.3, -0.25) is 4.79 Å². The lowest BCUT2D eigenvalue weighted by atomic mass is 10.1. The smallest absolute Gasteiger partial charge is 0.267 e. The molecule has 8 nitrogen and oxygen atoms in total. The number of halogens is 1. The third-order valence-corrected chi connectivity index (χ3v) is 6.55. The van der Waals surface area contributed by atoms with Gasteiger partial charge in [-0.25, -0.2) is 13.1 Å². The minimum absolute atomic E-state index is 0.0307. The highest BCUT2D eigenvalue weighted by Crippen LogP contribution is 2.30. The maximum atomic E-state index is 12.7. The highest BCUT2D eigenvalue weighted by molar-refractivity contribution is 7.93. The van der Waals surface area contributed by atoms with Crippen LogP contribution in [0.3, 0.4) is 0 Å². The van der Waals surface area contributed by atoms with Crippen LogP contribution in [0.2, 0.25) is 5.02 Å². The summed E-state index contributed by atoms with van der Waals surface area (Å²) in [5.41, 5.74) is 1.75. The fourth-order valence-corrected chi connectivity index (χ4v) is 4.80. The summed E-state index contributed by atoms with van der Waals surface area (Å²) in [6, 6.07) is 8.23. The van der Waals surface area contributed by atoms with Crippen molar-refractivity contribution in [1.82, 2.24) is 5.16 Å². The molecule has 3 rings (SSSR count). The Morgan fingerprint density at radius 3 is 2.71 bits per heavy atom. The summed E-state index contributed by atoms with van der Waals surface area (Å²) in [5.74, 6) is -0.891. The number of carbonyl (C=O) groups is 1. The molecule has 1 amide bonds. The van der Waals surface area contributed by atoms with Gasteiger partial charge in [-0.05, 0) is 43.0 Å². The Morgan fingerprint density at radius 1 is 1.32 bits per heavy atom. The molecule has 2 heterocycles. The number of sulfonamides is 1. The number of carbonyl (C=O) groups excluding carboxylic acids is 1. The van der Waals surface area contributed by atoms with E-state index in [9.17, 15) is 18.5 Å². The van der Waals surface area contributed by atoms with Crippen LogP contribution in [0.5, 0.6) is 0 Å². The number of nitriles is 1. The van der Waals surface area contributed by atoms with Gasteiger partial charge >= 0.3 is 0 Å². The van der Waals surface area contributed by atoms with Crippen molar-refractivity contribution in [3.63, 3.8) is 0 Å². The van der Waals surface area contributed by atoms with Crippen LogP contribution in [0.4, 0.5) is 11.6 Å². The Hall–Kier alpha value is -2.87. The van der Waals surface area contributed by atoms with Gasteiger partial charge in [0.25, 0.3) is 21.8 Å². The quantitative estimate of drug-likeness (QED) is 0.624. The molecule has 11 heteroatoms. The monoisotopic (exact) mass is 436 g/mol. The number of amides is 1. The third-order valence-electron chi connectivity index (χ3n) is 3.69. The zero-order valence-electron chi connectivity index (χ0n) is 14.6. The Kier molecular flexibility index (Phi) is 5.42. The van der Waals surface area contributed by atoms with Gasteiger partial charge in [0.15, 0.2) is 0 Å². The minimum Gasteiger partial charge on any atom is -0.336 e. The fourth-order valence-electron chi connectivity index (χ4n) is 2.31. The maximum absolute atomic E-state index is 12.7. The first kappa shape index (κ1) is 19.9. The van der Waals surface area contributed by atoms with Crippen LogP contribution in [0, 0.1) is 25.2 Å². The molecule has 0 spiro atoms. The lowest BCUT2D eigenvalue weighted by Gasteiger charge is -2.09. The number of rotatable bonds is 5. The summed E-state index contributed by atoms with van der Waals surface area (Å²) in [4.78, 5) is 12.4. The third kappa shape index (κ3) is 3.87. The molecule has 0 aliphatic rings. The maximum Gasteiger partial charge on any atom is 0.267 e. The Bertz CT molecular complexity index is 1210. The van der Waals surface area contributed by atoms with E-state index in [0.29, 0.717) is 5.69 Å². The van der Waals surface area contributed by atoms with E-state index in [2.05, 4.69) is 15.2 Å². The Morgan fingerprint density at radius 2 is 2.07 bits per heavy atom. The summed E-state index contributed by atoms with van der Waals surface area (Å²) in [7, 11) is -4.15. The van der Waals surface area contributed by atoms with Crippen molar-refractivity contribution < 1.29 is 17.7 Å². The van der Waals surface area contributed by atoms with Gasteiger partial charge in [-0.2, -0.15) is 5.26 Å². The normalized spacial score (nSPS) is 11.1. The van der Waals surface area contributed by atoms with Crippen LogP contribution in [0.25, 0.3) is 0 Å². The zero-order valence-corrected chi connectivity index (χ0v) is 17.0. The first-order valence-corrected chi connectivity index (χ1v) is 10.5. The number of nitrogens with one attached hydrogen (secondary N) is 2. The van der Waals surface area contributed by atoms with Crippen LogP contribution >= 0.6 is 22.9 Å². The molecule has 0 unspecified atom stereocenters. The lowest BCUT2D eigenvalue weighted by molar-refractivity contribution is 0.102. The van der Waals surface area contributed by atoms with Gasteiger partial charge in [0, 0.05) is 0 Å². The van der Waals surface area contributed by atoms with Gasteiger partial charge in [0.2, 0.25) is 0 Å². The van der Waals surface area contributed by atoms with Gasteiger partial charge in [0.05, 0.1) is 11.3 Å². The van der Waals surface area contributed by atoms with Gasteiger partial charge in [0.1, 0.15) is 26.6 Å². The largest absolute Gasteiger partial charge is 0.336 e. The summed E-state index contributed by atoms with van der Waals surface area (Å²) in [6.45, 7) is 3.37. The molecule has 0 saturated heterocycles. The molecule has 0 atom stereocenters. The van der Waals surface area contributed by atoms with Gasteiger partial charge in [-0.15, -0.1) is 11.3 Å². The summed E-state index contributed by atoms with van der Waals surface area (Å²) in [6.07, 6.45) is 0. The molecular formula is C17H13ClN4O4S2. The number of anilines is 2. The van der Waals surface area contributed by atoms with Gasteiger partial charge in [-0.1, -0.05) is 22.8 Å². The van der Waals surface area contributed by atoms with Crippen molar-refractivity contribution in [2.45, 2.75) is 18.7 Å². The predicted octanol–water partition coefficient (Wildman–Crippen LogP) is 3.93. The number of nitrogens with zero attached hydrogens (tertiary/aromatic N) is 2. The van der Waals surface area contributed by atoms with Crippen LogP contribution in [0.1, 0.15) is 26.5 Å². The molecule has 0 aliphatic carbocycles. The van der Waals surface area contributed by atoms with Crippen LogP contribution in [-0.4, -0.2) is 19.5 Å². The van der Waals surface area contributed by atoms with E-state index in [1.807, 2.05) is 13.0 Å². The molecule has 0 fully saturated rings. The predicted molar refractivity (Wildman–Crippen MR) is 105 cm³/mol. The Balaban J connectivity index is 1.90. The van der Waals surface area contributed by atoms with Crippen LogP contribution in [0.15, 0.2) is 39.1 Å². The molecule has 28 heavy (non-hydrogen) atoms. The van der Waals surface area contributed by atoms with E-state index in [4.69, 9.17) is 16.1 Å². The molecule has 0 saturated carbocycles. The molecule has 0 bridgehead atoms. The highest BCUT2D eigenvalue weighted by atomic mass is 35.5. The standard InChI is InChI=1S/C17H13ClN4O4S2/c1-9-3-4-12(11(7-9)8-19)20-16(23)15-13(5-6-27-15)28(24,25)22-17-14(18)10(2)21-26-17/h3-7,22H,1-2H3,(H,20,23). The van der Waals surface area contributed by atoms with Crippen LogP contribution < -0.4 is 10.0 Å². The van der Waals surface area contributed by atoms with E-state index < -0.39 is 15.9 Å². The van der Waals surface area contributed by atoms with E-state index in [-0.39, 0.29) is 31.9 Å². The number of thiophene rings is 1. The fraction of sp³-hybridized carbons (Fsp3) is 0.118.